The molecule has 5 heteroatoms. The number of nitrogens with zero attached hydrogens (tertiary/aromatic N) is 1. The van der Waals surface area contributed by atoms with E-state index < -0.39 is 0 Å². The van der Waals surface area contributed by atoms with Crippen LogP contribution in [0.25, 0.3) is 0 Å². The molecule has 1 N–H and O–H groups in total. The Hall–Kier alpha value is -2.14. The van der Waals surface area contributed by atoms with Gasteiger partial charge in [0.1, 0.15) is 11.6 Å². The molecule has 0 bridgehead atoms. The van der Waals surface area contributed by atoms with Crippen LogP contribution in [-0.4, -0.2) is 24.2 Å². The fraction of sp³-hybridized carbons (Fsp3) is 0.235. The van der Waals surface area contributed by atoms with Gasteiger partial charge < -0.3 is 15.0 Å². The molecule has 116 valence electrons. The van der Waals surface area contributed by atoms with Crippen LogP contribution in [0.4, 0.5) is 10.1 Å². The molecule has 2 aromatic carbocycles. The minimum Gasteiger partial charge on any atom is -0.497 e. The van der Waals surface area contributed by atoms with Crippen molar-refractivity contribution in [3.63, 3.8) is 0 Å². The van der Waals surface area contributed by atoms with Crippen molar-refractivity contribution in [3.8, 4) is 5.75 Å². The van der Waals surface area contributed by atoms with E-state index in [0.717, 1.165) is 11.3 Å². The predicted octanol–water partition coefficient (Wildman–Crippen LogP) is 3.97. The molecule has 2 aromatic rings. The van der Waals surface area contributed by atoms with Gasteiger partial charge in [0, 0.05) is 19.3 Å². The maximum Gasteiger partial charge on any atom is 0.173 e. The maximum absolute atomic E-state index is 13.6. The Morgan fingerprint density at radius 2 is 2.05 bits per heavy atom. The van der Waals surface area contributed by atoms with E-state index >= 15 is 0 Å². The van der Waals surface area contributed by atoms with Crippen molar-refractivity contribution in [2.24, 2.45) is 0 Å². The molecule has 0 spiro atoms. The van der Waals surface area contributed by atoms with Crippen LogP contribution in [0.3, 0.4) is 0 Å². The van der Waals surface area contributed by atoms with Gasteiger partial charge in [-0.15, -0.1) is 0 Å². The Kier molecular flexibility index (Phi) is 5.33. The van der Waals surface area contributed by atoms with Crippen LogP contribution in [0, 0.1) is 12.7 Å². The minimum absolute atomic E-state index is 0.247. The monoisotopic (exact) mass is 318 g/mol. The summed E-state index contributed by atoms with van der Waals surface area (Å²) in [5, 5.41) is 3.58. The van der Waals surface area contributed by atoms with E-state index in [0.29, 0.717) is 22.9 Å². The van der Waals surface area contributed by atoms with Crippen LogP contribution in [0.15, 0.2) is 42.5 Å². The van der Waals surface area contributed by atoms with E-state index in [1.807, 2.05) is 42.3 Å². The molecule has 22 heavy (non-hydrogen) atoms. The van der Waals surface area contributed by atoms with Gasteiger partial charge in [0.05, 0.1) is 7.11 Å². The summed E-state index contributed by atoms with van der Waals surface area (Å²) < 4.78 is 18.8. The molecule has 0 fully saturated rings. The Morgan fingerprint density at radius 3 is 2.73 bits per heavy atom. The third kappa shape index (κ3) is 4.18. The molecule has 3 nitrogen and oxygen atoms in total. The van der Waals surface area contributed by atoms with Gasteiger partial charge in [-0.25, -0.2) is 4.39 Å². The molecule has 0 aliphatic heterocycles. The highest BCUT2D eigenvalue weighted by molar-refractivity contribution is 7.80. The second-order valence-electron chi connectivity index (χ2n) is 5.10. The minimum atomic E-state index is -0.247. The van der Waals surface area contributed by atoms with Crippen LogP contribution < -0.4 is 10.1 Å². The van der Waals surface area contributed by atoms with Crippen molar-refractivity contribution in [2.75, 3.05) is 19.5 Å². The number of hydrogen-bond donors (Lipinski definition) is 1. The lowest BCUT2D eigenvalue weighted by Crippen LogP contribution is -2.30. The van der Waals surface area contributed by atoms with Crippen LogP contribution in [0.1, 0.15) is 11.1 Å². The maximum atomic E-state index is 13.6. The molecule has 0 heterocycles. The normalized spacial score (nSPS) is 10.2. The second kappa shape index (κ2) is 7.22. The van der Waals surface area contributed by atoms with Gasteiger partial charge in [-0.2, -0.15) is 0 Å². The summed E-state index contributed by atoms with van der Waals surface area (Å²) in [5.41, 5.74) is 2.34. The lowest BCUT2D eigenvalue weighted by Gasteiger charge is -2.21. The van der Waals surface area contributed by atoms with E-state index in [9.17, 15) is 4.39 Å². The molecule has 0 aliphatic rings. The fourth-order valence-electron chi connectivity index (χ4n) is 2.01. The Labute approximate surface area is 135 Å². The Balaban J connectivity index is 2.00. The van der Waals surface area contributed by atoms with E-state index in [4.69, 9.17) is 17.0 Å². The standard InChI is InChI=1S/C17H19FN2OS/c1-12-7-8-14(10-16(12)18)19-17(22)20(2)11-13-5-4-6-15(9-13)21-3/h4-10H,11H2,1-3H3,(H,19,22). The number of hydrogen-bond acceptors (Lipinski definition) is 2. The molecule has 0 amide bonds. The first kappa shape index (κ1) is 16.2. The smallest absolute Gasteiger partial charge is 0.173 e. The highest BCUT2D eigenvalue weighted by atomic mass is 32.1. The topological polar surface area (TPSA) is 24.5 Å². The number of methoxy groups -OCH3 is 1. The van der Waals surface area contributed by atoms with Gasteiger partial charge in [0.15, 0.2) is 5.11 Å². The lowest BCUT2D eigenvalue weighted by molar-refractivity contribution is 0.413. The number of aryl methyl sites for hydroxylation is 1. The van der Waals surface area contributed by atoms with Crippen LogP contribution in [0.2, 0.25) is 0 Å². The highest BCUT2D eigenvalue weighted by Gasteiger charge is 2.07. The van der Waals surface area contributed by atoms with Crippen LogP contribution >= 0.6 is 12.2 Å². The zero-order chi connectivity index (χ0) is 16.1. The number of benzene rings is 2. The third-order valence-corrected chi connectivity index (χ3v) is 3.74. The van der Waals surface area contributed by atoms with Crippen LogP contribution in [0.5, 0.6) is 5.75 Å². The first-order valence-electron chi connectivity index (χ1n) is 6.91. The Morgan fingerprint density at radius 1 is 1.27 bits per heavy atom. The van der Waals surface area contributed by atoms with Gasteiger partial charge in [0.2, 0.25) is 0 Å². The molecule has 0 radical (unpaired) electrons. The zero-order valence-electron chi connectivity index (χ0n) is 12.9. The average Bonchev–Trinajstić information content (AvgIpc) is 2.51. The number of nitrogens with one attached hydrogen (secondary N) is 1. The molecule has 0 aliphatic carbocycles. The number of ether oxygens (including phenoxy) is 1. The summed E-state index contributed by atoms with van der Waals surface area (Å²) in [7, 11) is 3.53. The molecule has 2 rings (SSSR count). The number of halogens is 1. The number of thiocarbonyl (C=S) groups is 1. The van der Waals surface area contributed by atoms with Crippen LogP contribution in [-0.2, 0) is 6.54 Å². The molecule has 0 saturated heterocycles. The van der Waals surface area contributed by atoms with Gasteiger partial charge in [-0.3, -0.25) is 0 Å². The quantitative estimate of drug-likeness (QED) is 0.862. The lowest BCUT2D eigenvalue weighted by atomic mass is 10.2. The van der Waals surface area contributed by atoms with Gasteiger partial charge in [-0.05, 0) is 54.5 Å². The van der Waals surface area contributed by atoms with Gasteiger partial charge >= 0.3 is 0 Å². The summed E-state index contributed by atoms with van der Waals surface area (Å²) in [4.78, 5) is 1.89. The summed E-state index contributed by atoms with van der Waals surface area (Å²) >= 11 is 5.36. The Bertz CT molecular complexity index is 675. The molecule has 0 aromatic heterocycles. The SMILES string of the molecule is COc1cccc(CN(C)C(=S)Nc2ccc(C)c(F)c2)c1. The summed E-state index contributed by atoms with van der Waals surface area (Å²) in [5.74, 6) is 0.564. The zero-order valence-corrected chi connectivity index (χ0v) is 13.7. The van der Waals surface area contributed by atoms with E-state index in [-0.39, 0.29) is 5.82 Å². The molecule has 0 unspecified atom stereocenters. The number of rotatable bonds is 4. The average molecular weight is 318 g/mol. The summed E-state index contributed by atoms with van der Waals surface area (Å²) in [6.07, 6.45) is 0. The first-order valence-corrected chi connectivity index (χ1v) is 7.31. The van der Waals surface area contributed by atoms with Crippen molar-refractivity contribution in [1.82, 2.24) is 4.90 Å². The molecular formula is C17H19FN2OS. The van der Waals surface area contributed by atoms with Gasteiger partial charge in [0.25, 0.3) is 0 Å². The molecule has 0 atom stereocenters. The number of anilines is 1. The largest absolute Gasteiger partial charge is 0.497 e. The van der Waals surface area contributed by atoms with Crippen molar-refractivity contribution >= 4 is 23.0 Å². The van der Waals surface area contributed by atoms with Crippen molar-refractivity contribution in [1.29, 1.82) is 0 Å². The summed E-state index contributed by atoms with van der Waals surface area (Å²) in [6.45, 7) is 2.36. The van der Waals surface area contributed by atoms with Crippen molar-refractivity contribution < 1.29 is 9.13 Å². The van der Waals surface area contributed by atoms with Crippen molar-refractivity contribution in [3.05, 3.63) is 59.4 Å². The highest BCUT2D eigenvalue weighted by Crippen LogP contribution is 2.16. The summed E-state index contributed by atoms with van der Waals surface area (Å²) in [6, 6.07) is 12.8. The third-order valence-electron chi connectivity index (χ3n) is 3.32. The van der Waals surface area contributed by atoms with Gasteiger partial charge in [-0.1, -0.05) is 18.2 Å². The first-order chi connectivity index (χ1) is 10.5. The van der Waals surface area contributed by atoms with Crippen molar-refractivity contribution in [2.45, 2.75) is 13.5 Å². The van der Waals surface area contributed by atoms with E-state index in [2.05, 4.69) is 5.32 Å². The molecule has 0 saturated carbocycles. The molecular weight excluding hydrogens is 299 g/mol. The fourth-order valence-corrected chi connectivity index (χ4v) is 2.19. The van der Waals surface area contributed by atoms with E-state index in [1.54, 1.807) is 20.1 Å². The van der Waals surface area contributed by atoms with E-state index in [1.165, 1.54) is 6.07 Å². The predicted molar refractivity (Wildman–Crippen MR) is 91.8 cm³/mol. The second-order valence-corrected chi connectivity index (χ2v) is 5.49.